The van der Waals surface area contributed by atoms with E-state index in [4.69, 9.17) is 10.5 Å². The minimum absolute atomic E-state index is 0.249. The maximum atomic E-state index is 12.9. The van der Waals surface area contributed by atoms with Crippen molar-refractivity contribution in [3.05, 3.63) is 47.5 Å². The smallest absolute Gasteiger partial charge is 0.137 e. The van der Waals surface area contributed by atoms with Gasteiger partial charge in [0.2, 0.25) is 0 Å². The van der Waals surface area contributed by atoms with E-state index in [2.05, 4.69) is 14.9 Å². The van der Waals surface area contributed by atoms with Gasteiger partial charge in [-0.15, -0.1) is 0 Å². The molecule has 1 aromatic heterocycles. The van der Waals surface area contributed by atoms with Crippen molar-refractivity contribution in [1.82, 2.24) is 9.97 Å². The molecule has 110 valence electrons. The van der Waals surface area contributed by atoms with Crippen molar-refractivity contribution in [1.29, 1.82) is 0 Å². The lowest BCUT2D eigenvalue weighted by atomic mass is 10.1. The SMILES string of the molecule is Nc1cc(N2CCOCC2)nc(Cc2ccc(F)cc2)n1. The van der Waals surface area contributed by atoms with Crippen LogP contribution in [0.5, 0.6) is 0 Å². The summed E-state index contributed by atoms with van der Waals surface area (Å²) >= 11 is 0. The molecule has 1 fully saturated rings. The molecule has 1 aliphatic rings. The molecule has 5 nitrogen and oxygen atoms in total. The standard InChI is InChI=1S/C15H17FN4O/c16-12-3-1-11(2-4-12)9-14-18-13(17)10-15(19-14)20-5-7-21-8-6-20/h1-4,10H,5-9H2,(H2,17,18,19). The summed E-state index contributed by atoms with van der Waals surface area (Å²) in [6.07, 6.45) is 0.530. The fraction of sp³-hybridized carbons (Fsp3) is 0.333. The first-order valence-corrected chi connectivity index (χ1v) is 6.91. The lowest BCUT2D eigenvalue weighted by Crippen LogP contribution is -2.37. The van der Waals surface area contributed by atoms with E-state index in [9.17, 15) is 4.39 Å². The molecule has 0 amide bonds. The Morgan fingerprint density at radius 3 is 2.57 bits per heavy atom. The number of benzene rings is 1. The van der Waals surface area contributed by atoms with Crippen LogP contribution in [0.2, 0.25) is 0 Å². The van der Waals surface area contributed by atoms with Gasteiger partial charge in [0.05, 0.1) is 13.2 Å². The van der Waals surface area contributed by atoms with Gasteiger partial charge in [0, 0.05) is 25.6 Å². The van der Waals surface area contributed by atoms with Crippen LogP contribution in [0.4, 0.5) is 16.0 Å². The van der Waals surface area contributed by atoms with Gasteiger partial charge in [-0.3, -0.25) is 0 Å². The zero-order chi connectivity index (χ0) is 14.7. The van der Waals surface area contributed by atoms with Gasteiger partial charge in [0.25, 0.3) is 0 Å². The number of nitrogen functional groups attached to an aromatic ring is 1. The first-order valence-electron chi connectivity index (χ1n) is 6.91. The molecule has 0 unspecified atom stereocenters. The Kier molecular flexibility index (Phi) is 3.96. The quantitative estimate of drug-likeness (QED) is 0.930. The van der Waals surface area contributed by atoms with Crippen LogP contribution in [0, 0.1) is 5.82 Å². The van der Waals surface area contributed by atoms with Crippen molar-refractivity contribution in [2.24, 2.45) is 0 Å². The molecule has 21 heavy (non-hydrogen) atoms. The van der Waals surface area contributed by atoms with Crippen LogP contribution in [0.25, 0.3) is 0 Å². The van der Waals surface area contributed by atoms with Gasteiger partial charge >= 0.3 is 0 Å². The molecule has 2 N–H and O–H groups in total. The molecule has 0 radical (unpaired) electrons. The van der Waals surface area contributed by atoms with E-state index in [1.165, 1.54) is 12.1 Å². The van der Waals surface area contributed by atoms with Crippen LogP contribution < -0.4 is 10.6 Å². The highest BCUT2D eigenvalue weighted by molar-refractivity contribution is 5.47. The highest BCUT2D eigenvalue weighted by Crippen LogP contribution is 2.17. The van der Waals surface area contributed by atoms with Gasteiger partial charge in [-0.05, 0) is 17.7 Å². The molecule has 3 rings (SSSR count). The van der Waals surface area contributed by atoms with Crippen molar-refractivity contribution in [2.75, 3.05) is 36.9 Å². The van der Waals surface area contributed by atoms with Crippen LogP contribution >= 0.6 is 0 Å². The number of aromatic nitrogens is 2. The van der Waals surface area contributed by atoms with E-state index in [-0.39, 0.29) is 5.82 Å². The maximum absolute atomic E-state index is 12.9. The molecule has 2 aromatic rings. The molecule has 6 heteroatoms. The maximum Gasteiger partial charge on any atom is 0.137 e. The minimum Gasteiger partial charge on any atom is -0.384 e. The fourth-order valence-corrected chi connectivity index (χ4v) is 2.32. The summed E-state index contributed by atoms with van der Waals surface area (Å²) in [5, 5.41) is 0. The average Bonchev–Trinajstić information content (AvgIpc) is 2.50. The number of halogens is 1. The second-order valence-electron chi connectivity index (χ2n) is 4.97. The van der Waals surface area contributed by atoms with Crippen LogP contribution in [-0.2, 0) is 11.2 Å². The van der Waals surface area contributed by atoms with Crippen LogP contribution in [0.3, 0.4) is 0 Å². The first-order chi connectivity index (χ1) is 10.2. The predicted octanol–water partition coefficient (Wildman–Crippen LogP) is 1.63. The van der Waals surface area contributed by atoms with Gasteiger partial charge in [-0.1, -0.05) is 12.1 Å². The second-order valence-corrected chi connectivity index (χ2v) is 4.97. The first kappa shape index (κ1) is 13.8. The third-order valence-electron chi connectivity index (χ3n) is 3.39. The Hall–Kier alpha value is -2.21. The number of hydrogen-bond acceptors (Lipinski definition) is 5. The van der Waals surface area contributed by atoms with Crippen LogP contribution in [0.1, 0.15) is 11.4 Å². The molecule has 0 atom stereocenters. The topological polar surface area (TPSA) is 64.3 Å². The zero-order valence-electron chi connectivity index (χ0n) is 11.6. The van der Waals surface area contributed by atoms with Gasteiger partial charge in [-0.2, -0.15) is 0 Å². The number of nitrogens with two attached hydrogens (primary N) is 1. The molecule has 0 aliphatic carbocycles. The monoisotopic (exact) mass is 288 g/mol. The molecule has 1 saturated heterocycles. The van der Waals surface area contributed by atoms with E-state index < -0.39 is 0 Å². The summed E-state index contributed by atoms with van der Waals surface area (Å²) in [6.45, 7) is 2.98. The third kappa shape index (κ3) is 3.46. The van der Waals surface area contributed by atoms with Crippen LogP contribution in [-0.4, -0.2) is 36.3 Å². The van der Waals surface area contributed by atoms with Gasteiger partial charge in [0.15, 0.2) is 0 Å². The van der Waals surface area contributed by atoms with Gasteiger partial charge in [-0.25, -0.2) is 14.4 Å². The Labute approximate surface area is 122 Å². The van der Waals surface area contributed by atoms with E-state index in [1.807, 2.05) is 0 Å². The molecule has 0 saturated carbocycles. The fourth-order valence-electron chi connectivity index (χ4n) is 2.32. The number of nitrogens with zero attached hydrogens (tertiary/aromatic N) is 3. The van der Waals surface area contributed by atoms with Crippen molar-refractivity contribution in [3.8, 4) is 0 Å². The molecular weight excluding hydrogens is 271 g/mol. The highest BCUT2D eigenvalue weighted by atomic mass is 19.1. The normalized spacial score (nSPS) is 15.2. The minimum atomic E-state index is -0.249. The Balaban J connectivity index is 1.81. The predicted molar refractivity (Wildman–Crippen MR) is 78.7 cm³/mol. The van der Waals surface area contributed by atoms with E-state index in [1.54, 1.807) is 18.2 Å². The number of hydrogen-bond donors (Lipinski definition) is 1. The number of anilines is 2. The number of ether oxygens (including phenoxy) is 1. The average molecular weight is 288 g/mol. The summed E-state index contributed by atoms with van der Waals surface area (Å²) in [7, 11) is 0. The van der Waals surface area contributed by atoms with Crippen molar-refractivity contribution in [2.45, 2.75) is 6.42 Å². The van der Waals surface area contributed by atoms with Crippen molar-refractivity contribution < 1.29 is 9.13 Å². The highest BCUT2D eigenvalue weighted by Gasteiger charge is 2.14. The van der Waals surface area contributed by atoms with Gasteiger partial charge in [0.1, 0.15) is 23.3 Å². The molecule has 0 bridgehead atoms. The lowest BCUT2D eigenvalue weighted by molar-refractivity contribution is 0.122. The Morgan fingerprint density at radius 2 is 1.86 bits per heavy atom. The van der Waals surface area contributed by atoms with Crippen molar-refractivity contribution >= 4 is 11.6 Å². The molecule has 2 heterocycles. The van der Waals surface area contributed by atoms with E-state index >= 15 is 0 Å². The molecule has 0 spiro atoms. The summed E-state index contributed by atoms with van der Waals surface area (Å²) in [4.78, 5) is 11.0. The summed E-state index contributed by atoms with van der Waals surface area (Å²) in [6, 6.07) is 8.11. The number of morpholine rings is 1. The third-order valence-corrected chi connectivity index (χ3v) is 3.39. The molecule has 1 aliphatic heterocycles. The summed E-state index contributed by atoms with van der Waals surface area (Å²) in [5.74, 6) is 1.66. The zero-order valence-corrected chi connectivity index (χ0v) is 11.6. The van der Waals surface area contributed by atoms with E-state index in [0.29, 0.717) is 31.3 Å². The van der Waals surface area contributed by atoms with Crippen molar-refractivity contribution in [3.63, 3.8) is 0 Å². The Morgan fingerprint density at radius 1 is 1.14 bits per heavy atom. The lowest BCUT2D eigenvalue weighted by Gasteiger charge is -2.28. The second kappa shape index (κ2) is 6.05. The van der Waals surface area contributed by atoms with E-state index in [0.717, 1.165) is 24.5 Å². The molecular formula is C15H17FN4O. The number of rotatable bonds is 3. The summed E-state index contributed by atoms with van der Waals surface area (Å²) in [5.41, 5.74) is 6.83. The Bertz CT molecular complexity index is 612. The van der Waals surface area contributed by atoms with Crippen LogP contribution in [0.15, 0.2) is 30.3 Å². The molecule has 1 aromatic carbocycles. The largest absolute Gasteiger partial charge is 0.384 e. The van der Waals surface area contributed by atoms with Gasteiger partial charge < -0.3 is 15.4 Å². The summed E-state index contributed by atoms with van der Waals surface area (Å²) < 4.78 is 18.3.